The van der Waals surface area contributed by atoms with Gasteiger partial charge in [-0.15, -0.1) is 24.0 Å². The lowest BCUT2D eigenvalue weighted by atomic mass is 10.1. The number of benzene rings is 1. The predicted octanol–water partition coefficient (Wildman–Crippen LogP) is 2.63. The number of nitrogens with one attached hydrogen (secondary N) is 3. The van der Waals surface area contributed by atoms with Gasteiger partial charge >= 0.3 is 0 Å². The SMILES string of the molecule is CN=C(NCCc1nc(-c2cccc(Cl)c2)no1)NCC(=O)NC(C)(C)C.I. The van der Waals surface area contributed by atoms with E-state index in [1.54, 1.807) is 19.2 Å². The molecule has 1 amide bonds. The second-order valence-electron chi connectivity index (χ2n) is 6.92. The van der Waals surface area contributed by atoms with E-state index in [9.17, 15) is 4.79 Å². The predicted molar refractivity (Wildman–Crippen MR) is 121 cm³/mol. The van der Waals surface area contributed by atoms with E-state index in [-0.39, 0.29) is 42.0 Å². The normalized spacial score (nSPS) is 11.5. The second kappa shape index (κ2) is 11.2. The molecule has 0 aliphatic rings. The molecule has 28 heavy (non-hydrogen) atoms. The summed E-state index contributed by atoms with van der Waals surface area (Å²) in [5, 5.41) is 13.5. The van der Waals surface area contributed by atoms with Crippen molar-refractivity contribution < 1.29 is 9.32 Å². The summed E-state index contributed by atoms with van der Waals surface area (Å²) in [7, 11) is 1.64. The van der Waals surface area contributed by atoms with Gasteiger partial charge in [0, 0.05) is 36.1 Å². The highest BCUT2D eigenvalue weighted by atomic mass is 127. The molecule has 2 rings (SSSR count). The molecule has 0 saturated carbocycles. The van der Waals surface area contributed by atoms with Crippen molar-refractivity contribution >= 4 is 47.4 Å². The molecule has 0 spiro atoms. The van der Waals surface area contributed by atoms with Gasteiger partial charge < -0.3 is 20.5 Å². The van der Waals surface area contributed by atoms with E-state index in [0.717, 1.165) is 5.56 Å². The quantitative estimate of drug-likeness (QED) is 0.307. The molecule has 1 heterocycles. The van der Waals surface area contributed by atoms with Crippen LogP contribution in [0.2, 0.25) is 5.02 Å². The average molecular weight is 521 g/mol. The smallest absolute Gasteiger partial charge is 0.239 e. The van der Waals surface area contributed by atoms with Gasteiger partial charge in [-0.1, -0.05) is 28.9 Å². The standard InChI is InChI=1S/C18H25ClN6O2.HI/c1-18(2,3)24-14(26)11-22-17(20-4)21-9-8-15-23-16(25-27-15)12-6-5-7-13(19)10-12;/h5-7,10H,8-9,11H2,1-4H3,(H,24,26)(H2,20,21,22);1H. The molecule has 0 aliphatic heterocycles. The highest BCUT2D eigenvalue weighted by Gasteiger charge is 2.14. The third-order valence-electron chi connectivity index (χ3n) is 3.34. The van der Waals surface area contributed by atoms with Gasteiger partial charge in [-0.05, 0) is 32.9 Å². The highest BCUT2D eigenvalue weighted by molar-refractivity contribution is 14.0. The summed E-state index contributed by atoms with van der Waals surface area (Å²) in [6.07, 6.45) is 0.516. The number of aromatic nitrogens is 2. The van der Waals surface area contributed by atoms with Crippen LogP contribution in [0.3, 0.4) is 0 Å². The van der Waals surface area contributed by atoms with Crippen LogP contribution in [0.25, 0.3) is 11.4 Å². The average Bonchev–Trinajstić information content (AvgIpc) is 3.05. The first kappa shape index (κ1) is 24.2. The maximum atomic E-state index is 11.8. The summed E-state index contributed by atoms with van der Waals surface area (Å²) in [6, 6.07) is 7.27. The minimum absolute atomic E-state index is 0. The fourth-order valence-corrected chi connectivity index (χ4v) is 2.43. The summed E-state index contributed by atoms with van der Waals surface area (Å²) >= 11 is 5.98. The third-order valence-corrected chi connectivity index (χ3v) is 3.57. The first-order chi connectivity index (χ1) is 12.8. The molecule has 0 unspecified atom stereocenters. The van der Waals surface area contributed by atoms with Crippen LogP contribution in [0, 0.1) is 0 Å². The number of hydrogen-bond donors (Lipinski definition) is 3. The van der Waals surface area contributed by atoms with Gasteiger partial charge in [-0.2, -0.15) is 4.98 Å². The molecule has 1 aromatic heterocycles. The highest BCUT2D eigenvalue weighted by Crippen LogP contribution is 2.19. The van der Waals surface area contributed by atoms with Crippen LogP contribution < -0.4 is 16.0 Å². The molecule has 0 fully saturated rings. The Bertz CT molecular complexity index is 803. The molecule has 0 atom stereocenters. The van der Waals surface area contributed by atoms with E-state index >= 15 is 0 Å². The number of halogens is 2. The number of carbonyl (C=O) groups is 1. The molecule has 8 nitrogen and oxygen atoms in total. The molecule has 1 aromatic carbocycles. The van der Waals surface area contributed by atoms with Crippen molar-refractivity contribution in [1.82, 2.24) is 26.1 Å². The van der Waals surface area contributed by atoms with E-state index in [0.29, 0.717) is 35.7 Å². The summed E-state index contributed by atoms with van der Waals surface area (Å²) in [5.41, 5.74) is 0.529. The van der Waals surface area contributed by atoms with E-state index in [4.69, 9.17) is 16.1 Å². The Balaban J connectivity index is 0.00000392. The molecule has 10 heteroatoms. The lowest BCUT2D eigenvalue weighted by molar-refractivity contribution is -0.121. The number of hydrogen-bond acceptors (Lipinski definition) is 5. The van der Waals surface area contributed by atoms with E-state index in [1.165, 1.54) is 0 Å². The lowest BCUT2D eigenvalue weighted by Gasteiger charge is -2.21. The minimum Gasteiger partial charge on any atom is -0.356 e. The lowest BCUT2D eigenvalue weighted by Crippen LogP contribution is -2.48. The molecule has 2 aromatic rings. The summed E-state index contributed by atoms with van der Waals surface area (Å²) in [4.78, 5) is 20.3. The summed E-state index contributed by atoms with van der Waals surface area (Å²) in [5.74, 6) is 1.41. The molecular weight excluding hydrogens is 495 g/mol. The fourth-order valence-electron chi connectivity index (χ4n) is 2.24. The van der Waals surface area contributed by atoms with Gasteiger partial charge in [0.2, 0.25) is 17.6 Å². The first-order valence-electron chi connectivity index (χ1n) is 8.61. The molecule has 0 radical (unpaired) electrons. The van der Waals surface area contributed by atoms with Crippen molar-refractivity contribution in [3.05, 3.63) is 35.2 Å². The van der Waals surface area contributed by atoms with Crippen molar-refractivity contribution in [1.29, 1.82) is 0 Å². The van der Waals surface area contributed by atoms with Crippen LogP contribution >= 0.6 is 35.6 Å². The maximum Gasteiger partial charge on any atom is 0.239 e. The van der Waals surface area contributed by atoms with Crippen molar-refractivity contribution in [2.75, 3.05) is 20.1 Å². The zero-order chi connectivity index (χ0) is 19.9. The second-order valence-corrected chi connectivity index (χ2v) is 7.36. The van der Waals surface area contributed by atoms with Crippen LogP contribution in [-0.4, -0.2) is 47.7 Å². The van der Waals surface area contributed by atoms with Gasteiger partial charge in [-0.3, -0.25) is 9.79 Å². The van der Waals surface area contributed by atoms with E-state index in [2.05, 4.69) is 31.1 Å². The van der Waals surface area contributed by atoms with Crippen molar-refractivity contribution in [2.45, 2.75) is 32.7 Å². The molecular formula is C18H26ClIN6O2. The van der Waals surface area contributed by atoms with Crippen LogP contribution in [0.15, 0.2) is 33.8 Å². The molecule has 0 bridgehead atoms. The summed E-state index contributed by atoms with van der Waals surface area (Å²) < 4.78 is 5.26. The number of carbonyl (C=O) groups excluding carboxylic acids is 1. The Morgan fingerprint density at radius 2 is 2.04 bits per heavy atom. The summed E-state index contributed by atoms with van der Waals surface area (Å²) in [6.45, 7) is 6.45. The van der Waals surface area contributed by atoms with E-state index in [1.807, 2.05) is 32.9 Å². The van der Waals surface area contributed by atoms with Gasteiger partial charge in [0.25, 0.3) is 0 Å². The van der Waals surface area contributed by atoms with Crippen molar-refractivity contribution in [3.8, 4) is 11.4 Å². The molecule has 154 valence electrons. The Morgan fingerprint density at radius 3 is 2.68 bits per heavy atom. The monoisotopic (exact) mass is 520 g/mol. The van der Waals surface area contributed by atoms with E-state index < -0.39 is 0 Å². The van der Waals surface area contributed by atoms with Crippen LogP contribution in [0.5, 0.6) is 0 Å². The number of aliphatic imine (C=N–C) groups is 1. The molecule has 3 N–H and O–H groups in total. The minimum atomic E-state index is -0.269. The Morgan fingerprint density at radius 1 is 1.29 bits per heavy atom. The number of nitrogens with zero attached hydrogens (tertiary/aromatic N) is 3. The van der Waals surface area contributed by atoms with Gasteiger partial charge in [0.15, 0.2) is 5.96 Å². The zero-order valence-corrected chi connectivity index (χ0v) is 19.5. The Hall–Kier alpha value is -1.88. The number of guanidine groups is 1. The van der Waals surface area contributed by atoms with Gasteiger partial charge in [0.1, 0.15) is 0 Å². The first-order valence-corrected chi connectivity index (χ1v) is 8.98. The number of rotatable bonds is 6. The van der Waals surface area contributed by atoms with Gasteiger partial charge in [-0.25, -0.2) is 0 Å². The van der Waals surface area contributed by atoms with Crippen molar-refractivity contribution in [3.63, 3.8) is 0 Å². The Labute approximate surface area is 186 Å². The largest absolute Gasteiger partial charge is 0.356 e. The molecule has 0 aliphatic carbocycles. The maximum absolute atomic E-state index is 11.8. The number of amides is 1. The zero-order valence-electron chi connectivity index (χ0n) is 16.4. The van der Waals surface area contributed by atoms with Crippen molar-refractivity contribution in [2.24, 2.45) is 4.99 Å². The van der Waals surface area contributed by atoms with Crippen LogP contribution in [0.1, 0.15) is 26.7 Å². The van der Waals surface area contributed by atoms with Crippen LogP contribution in [0.4, 0.5) is 0 Å². The van der Waals surface area contributed by atoms with Crippen LogP contribution in [-0.2, 0) is 11.2 Å². The third kappa shape index (κ3) is 8.42. The Kier molecular flexibility index (Phi) is 9.66. The topological polar surface area (TPSA) is 104 Å². The van der Waals surface area contributed by atoms with Gasteiger partial charge in [0.05, 0.1) is 6.54 Å². The molecule has 0 saturated heterocycles. The fraction of sp³-hybridized carbons (Fsp3) is 0.444.